The smallest absolute Gasteiger partial charge is 0.159 e. The van der Waals surface area contributed by atoms with E-state index >= 15 is 0 Å². The molecule has 0 bridgehead atoms. The van der Waals surface area contributed by atoms with Gasteiger partial charge in [0.1, 0.15) is 12.0 Å². The van der Waals surface area contributed by atoms with Crippen LogP contribution in [-0.2, 0) is 0 Å². The molecule has 0 radical (unpaired) electrons. The van der Waals surface area contributed by atoms with Crippen molar-refractivity contribution in [3.8, 4) is 0 Å². The molecule has 7 aromatic rings. The molecule has 1 unspecified atom stereocenters. The van der Waals surface area contributed by atoms with Crippen molar-refractivity contribution < 1.29 is 0 Å². The van der Waals surface area contributed by atoms with Crippen LogP contribution in [0.25, 0.3) is 43.1 Å². The third-order valence-electron chi connectivity index (χ3n) is 7.88. The molecule has 1 N–H and O–H groups in total. The number of benzene rings is 7. The first-order valence-electron chi connectivity index (χ1n) is 13.6. The summed E-state index contributed by atoms with van der Waals surface area (Å²) in [7, 11) is 0. The summed E-state index contributed by atoms with van der Waals surface area (Å²) in [6.45, 7) is 0. The highest BCUT2D eigenvalue weighted by molar-refractivity contribution is 6.15. The van der Waals surface area contributed by atoms with E-state index in [1.165, 1.54) is 43.1 Å². The first-order chi connectivity index (χ1) is 19.8. The Balaban J connectivity index is 1.24. The van der Waals surface area contributed by atoms with Crippen molar-refractivity contribution in [2.45, 2.75) is 6.17 Å². The molecular formula is C37H25N3. The van der Waals surface area contributed by atoms with E-state index in [2.05, 4.69) is 127 Å². The van der Waals surface area contributed by atoms with Crippen molar-refractivity contribution >= 4 is 54.8 Å². The summed E-state index contributed by atoms with van der Waals surface area (Å²) in [5, 5.41) is 13.6. The lowest BCUT2D eigenvalue weighted by Gasteiger charge is -2.24. The molecule has 1 heterocycles. The molecule has 0 saturated carbocycles. The summed E-state index contributed by atoms with van der Waals surface area (Å²) in [6.07, 6.45) is -0.258. The maximum absolute atomic E-state index is 5.09. The van der Waals surface area contributed by atoms with Gasteiger partial charge in [0, 0.05) is 11.1 Å². The monoisotopic (exact) mass is 511 g/mol. The minimum atomic E-state index is -0.258. The van der Waals surface area contributed by atoms with Gasteiger partial charge in [0.05, 0.1) is 0 Å². The fourth-order valence-electron chi connectivity index (χ4n) is 5.85. The van der Waals surface area contributed by atoms with Gasteiger partial charge in [-0.3, -0.25) is 0 Å². The zero-order chi connectivity index (χ0) is 26.5. The Bertz CT molecular complexity index is 2140. The van der Waals surface area contributed by atoms with E-state index in [0.29, 0.717) is 0 Å². The second-order valence-electron chi connectivity index (χ2n) is 10.3. The van der Waals surface area contributed by atoms with Gasteiger partial charge >= 0.3 is 0 Å². The second-order valence-corrected chi connectivity index (χ2v) is 10.3. The standard InChI is InChI=1S/C37H25N3/c1-2-10-26(11-3-1)35-38-36(29-18-20-33-27(22-29)16-14-24-8-4-6-12-31(24)33)40-37(39-35)30-19-21-34-28(23-30)17-15-25-9-5-7-13-32(25)34/h1-23,36H,(H,38,39,40). The van der Waals surface area contributed by atoms with E-state index in [-0.39, 0.29) is 6.17 Å². The van der Waals surface area contributed by atoms with Crippen molar-refractivity contribution in [3.05, 3.63) is 156 Å². The Morgan fingerprint density at radius 1 is 0.450 bits per heavy atom. The first-order valence-corrected chi connectivity index (χ1v) is 13.6. The Hall–Kier alpha value is -5.28. The van der Waals surface area contributed by atoms with E-state index in [1.807, 2.05) is 18.2 Å². The number of hydrogen-bond donors (Lipinski definition) is 1. The maximum atomic E-state index is 5.09. The van der Waals surface area contributed by atoms with Crippen LogP contribution < -0.4 is 5.32 Å². The van der Waals surface area contributed by atoms with Crippen LogP contribution in [0.4, 0.5) is 0 Å². The van der Waals surface area contributed by atoms with Gasteiger partial charge in [0.2, 0.25) is 0 Å². The molecule has 8 rings (SSSR count). The summed E-state index contributed by atoms with van der Waals surface area (Å²) in [4.78, 5) is 10.1. The zero-order valence-electron chi connectivity index (χ0n) is 21.8. The lowest BCUT2D eigenvalue weighted by molar-refractivity contribution is 0.675. The fourth-order valence-corrected chi connectivity index (χ4v) is 5.85. The molecule has 0 fully saturated rings. The SMILES string of the molecule is c1ccc(C2=NC(c3ccc4c(ccc5ccccc54)c3)NC(c3ccc4c(ccc5ccccc54)c3)=N2)cc1. The van der Waals surface area contributed by atoms with Crippen LogP contribution in [0.1, 0.15) is 22.9 Å². The van der Waals surface area contributed by atoms with Crippen LogP contribution in [-0.4, -0.2) is 11.7 Å². The third kappa shape index (κ3) is 3.83. The molecule has 188 valence electrons. The number of amidine groups is 2. The van der Waals surface area contributed by atoms with Gasteiger partial charge in [0.25, 0.3) is 0 Å². The molecule has 3 heteroatoms. The number of nitrogens with one attached hydrogen (secondary N) is 1. The molecular weight excluding hydrogens is 486 g/mol. The molecule has 1 aliphatic heterocycles. The van der Waals surface area contributed by atoms with Gasteiger partial charge in [-0.05, 0) is 60.8 Å². The van der Waals surface area contributed by atoms with Crippen LogP contribution in [0, 0.1) is 0 Å². The molecule has 0 aliphatic carbocycles. The Morgan fingerprint density at radius 2 is 1.02 bits per heavy atom. The molecule has 0 spiro atoms. The van der Waals surface area contributed by atoms with E-state index < -0.39 is 0 Å². The Kier molecular flexibility index (Phi) is 5.20. The van der Waals surface area contributed by atoms with Crippen LogP contribution >= 0.6 is 0 Å². The van der Waals surface area contributed by atoms with Crippen LogP contribution in [0.15, 0.2) is 150 Å². The molecule has 0 amide bonds. The zero-order valence-corrected chi connectivity index (χ0v) is 21.8. The summed E-state index contributed by atoms with van der Waals surface area (Å²) in [5.74, 6) is 1.56. The van der Waals surface area contributed by atoms with Crippen molar-refractivity contribution in [2.75, 3.05) is 0 Å². The second kappa shape index (κ2) is 9.18. The molecule has 0 aromatic heterocycles. The number of hydrogen-bond acceptors (Lipinski definition) is 3. The fraction of sp³-hybridized carbons (Fsp3) is 0.0270. The topological polar surface area (TPSA) is 36.8 Å². The lowest BCUT2D eigenvalue weighted by Crippen LogP contribution is -2.33. The number of rotatable bonds is 3. The van der Waals surface area contributed by atoms with Crippen molar-refractivity contribution in [1.82, 2.24) is 5.32 Å². The molecule has 1 atom stereocenters. The number of nitrogens with zero attached hydrogens (tertiary/aromatic N) is 2. The maximum Gasteiger partial charge on any atom is 0.159 e. The van der Waals surface area contributed by atoms with Gasteiger partial charge in [0.15, 0.2) is 5.84 Å². The minimum Gasteiger partial charge on any atom is -0.344 e. The summed E-state index contributed by atoms with van der Waals surface area (Å²) >= 11 is 0. The molecule has 1 aliphatic rings. The normalized spacial score (nSPS) is 15.2. The summed E-state index contributed by atoms with van der Waals surface area (Å²) in [6, 6.07) is 49.4. The third-order valence-corrected chi connectivity index (χ3v) is 7.88. The highest BCUT2D eigenvalue weighted by Crippen LogP contribution is 2.31. The minimum absolute atomic E-state index is 0.258. The van der Waals surface area contributed by atoms with E-state index in [9.17, 15) is 0 Å². The van der Waals surface area contributed by atoms with Gasteiger partial charge < -0.3 is 5.32 Å². The van der Waals surface area contributed by atoms with E-state index in [0.717, 1.165) is 28.4 Å². The highest BCUT2D eigenvalue weighted by atomic mass is 15.2. The van der Waals surface area contributed by atoms with Gasteiger partial charge in [-0.25, -0.2) is 9.98 Å². The van der Waals surface area contributed by atoms with Crippen LogP contribution in [0.5, 0.6) is 0 Å². The Morgan fingerprint density at radius 3 is 1.75 bits per heavy atom. The van der Waals surface area contributed by atoms with Crippen molar-refractivity contribution in [1.29, 1.82) is 0 Å². The first kappa shape index (κ1) is 22.7. The predicted molar refractivity (Wildman–Crippen MR) is 168 cm³/mol. The average Bonchev–Trinajstić information content (AvgIpc) is 3.04. The number of fused-ring (bicyclic) bond motifs is 6. The van der Waals surface area contributed by atoms with Crippen LogP contribution in [0.3, 0.4) is 0 Å². The van der Waals surface area contributed by atoms with E-state index in [4.69, 9.17) is 9.98 Å². The highest BCUT2D eigenvalue weighted by Gasteiger charge is 2.21. The lowest BCUT2D eigenvalue weighted by atomic mass is 9.98. The van der Waals surface area contributed by atoms with Crippen molar-refractivity contribution in [3.63, 3.8) is 0 Å². The molecule has 7 aromatic carbocycles. The summed E-state index contributed by atoms with van der Waals surface area (Å²) < 4.78 is 0. The van der Waals surface area contributed by atoms with Crippen LogP contribution in [0.2, 0.25) is 0 Å². The van der Waals surface area contributed by atoms with Gasteiger partial charge in [-0.2, -0.15) is 0 Å². The molecule has 0 saturated heterocycles. The molecule has 40 heavy (non-hydrogen) atoms. The quantitative estimate of drug-likeness (QED) is 0.237. The average molecular weight is 512 g/mol. The van der Waals surface area contributed by atoms with Gasteiger partial charge in [-0.1, -0.05) is 127 Å². The van der Waals surface area contributed by atoms with E-state index in [1.54, 1.807) is 0 Å². The summed E-state index contributed by atoms with van der Waals surface area (Å²) in [5.41, 5.74) is 3.16. The Labute approximate surface area is 232 Å². The van der Waals surface area contributed by atoms with Gasteiger partial charge in [-0.15, -0.1) is 0 Å². The number of aliphatic imine (C=N–C) groups is 2. The predicted octanol–water partition coefficient (Wildman–Crippen LogP) is 8.79. The largest absolute Gasteiger partial charge is 0.344 e. The molecule has 3 nitrogen and oxygen atoms in total. The van der Waals surface area contributed by atoms with Crippen molar-refractivity contribution in [2.24, 2.45) is 9.98 Å².